The van der Waals surface area contributed by atoms with Gasteiger partial charge < -0.3 is 10.2 Å². The molecule has 0 amide bonds. The fourth-order valence-corrected chi connectivity index (χ4v) is 0.526. The molecular weight excluding hydrogens is 142 g/mol. The van der Waals surface area contributed by atoms with Crippen LogP contribution >= 0.6 is 0 Å². The number of phenols is 2. The zero-order valence-corrected chi connectivity index (χ0v) is 4.81. The van der Waals surface area contributed by atoms with E-state index in [2.05, 4.69) is 0 Å². The average Bonchev–Trinajstić information content (AvgIpc) is 1.84. The minimum atomic E-state index is -1.18. The van der Waals surface area contributed by atoms with Crippen molar-refractivity contribution in [1.29, 1.82) is 0 Å². The van der Waals surface area contributed by atoms with Crippen LogP contribution in [0.3, 0.4) is 0 Å². The molecule has 0 aliphatic carbocycles. The lowest BCUT2D eigenvalue weighted by Gasteiger charge is -1.96. The molecule has 0 saturated carbocycles. The van der Waals surface area contributed by atoms with Gasteiger partial charge in [0.15, 0.2) is 23.1 Å². The van der Waals surface area contributed by atoms with E-state index in [0.29, 0.717) is 12.1 Å². The maximum Gasteiger partial charge on any atom is 0.162 e. The van der Waals surface area contributed by atoms with Gasteiger partial charge in [-0.1, -0.05) is 0 Å². The second-order valence-electron chi connectivity index (χ2n) is 1.76. The molecule has 0 radical (unpaired) electrons. The summed E-state index contributed by atoms with van der Waals surface area (Å²) in [5, 5.41) is 17.1. The predicted octanol–water partition coefficient (Wildman–Crippen LogP) is 1.38. The summed E-state index contributed by atoms with van der Waals surface area (Å²) in [4.78, 5) is 0. The van der Waals surface area contributed by atoms with E-state index in [9.17, 15) is 8.78 Å². The van der Waals surface area contributed by atoms with Crippen LogP contribution in [0, 0.1) is 11.6 Å². The molecule has 0 aliphatic heterocycles. The fourth-order valence-electron chi connectivity index (χ4n) is 0.526. The van der Waals surface area contributed by atoms with E-state index in [1.807, 2.05) is 0 Å². The van der Waals surface area contributed by atoms with E-state index >= 15 is 0 Å². The monoisotopic (exact) mass is 146 g/mol. The molecule has 1 aromatic carbocycles. The normalized spacial score (nSPS) is 9.80. The molecule has 0 aromatic heterocycles. The van der Waals surface area contributed by atoms with Crippen molar-refractivity contribution < 1.29 is 19.0 Å². The van der Waals surface area contributed by atoms with Crippen LogP contribution in [0.15, 0.2) is 12.1 Å². The van der Waals surface area contributed by atoms with Crippen molar-refractivity contribution in [3.63, 3.8) is 0 Å². The molecular formula is C6H4F2O2. The Kier molecular flexibility index (Phi) is 1.45. The molecule has 0 bridgehead atoms. The molecule has 0 heterocycles. The SMILES string of the molecule is Oc1cc(F)c(F)cc1O. The number of hydrogen-bond donors (Lipinski definition) is 2. The first-order chi connectivity index (χ1) is 4.61. The molecule has 4 heteroatoms. The van der Waals surface area contributed by atoms with Crippen LogP contribution in [0.2, 0.25) is 0 Å². The summed E-state index contributed by atoms with van der Waals surface area (Å²) < 4.78 is 24.2. The van der Waals surface area contributed by atoms with E-state index in [0.717, 1.165) is 0 Å². The van der Waals surface area contributed by atoms with Gasteiger partial charge in [0.2, 0.25) is 0 Å². The lowest BCUT2D eigenvalue weighted by atomic mass is 10.3. The molecule has 0 aliphatic rings. The largest absolute Gasteiger partial charge is 0.504 e. The van der Waals surface area contributed by atoms with Crippen LogP contribution in [0.4, 0.5) is 8.78 Å². The van der Waals surface area contributed by atoms with Gasteiger partial charge in [-0.2, -0.15) is 0 Å². The number of benzene rings is 1. The molecule has 0 saturated heterocycles. The smallest absolute Gasteiger partial charge is 0.162 e. The lowest BCUT2D eigenvalue weighted by Crippen LogP contribution is -1.81. The van der Waals surface area contributed by atoms with Gasteiger partial charge in [0.25, 0.3) is 0 Å². The highest BCUT2D eigenvalue weighted by Crippen LogP contribution is 2.26. The van der Waals surface area contributed by atoms with Gasteiger partial charge in [0, 0.05) is 12.1 Å². The Labute approximate surface area is 55.4 Å². The third kappa shape index (κ3) is 1.00. The van der Waals surface area contributed by atoms with Crippen molar-refractivity contribution >= 4 is 0 Å². The van der Waals surface area contributed by atoms with Crippen LogP contribution in [0.25, 0.3) is 0 Å². The number of hydrogen-bond acceptors (Lipinski definition) is 2. The van der Waals surface area contributed by atoms with Gasteiger partial charge in [-0.15, -0.1) is 0 Å². The summed E-state index contributed by atoms with van der Waals surface area (Å²) in [7, 11) is 0. The molecule has 0 spiro atoms. The lowest BCUT2D eigenvalue weighted by molar-refractivity contribution is 0.390. The Morgan fingerprint density at radius 3 is 1.50 bits per heavy atom. The van der Waals surface area contributed by atoms with Crippen LogP contribution in [0.1, 0.15) is 0 Å². The second kappa shape index (κ2) is 2.13. The number of rotatable bonds is 0. The van der Waals surface area contributed by atoms with Crippen molar-refractivity contribution in [2.75, 3.05) is 0 Å². The molecule has 0 unspecified atom stereocenters. The van der Waals surface area contributed by atoms with E-state index < -0.39 is 23.1 Å². The standard InChI is InChI=1S/C6H4F2O2/c7-3-1-5(9)6(10)2-4(3)8/h1-2,9-10H. The molecule has 10 heavy (non-hydrogen) atoms. The first kappa shape index (κ1) is 6.80. The topological polar surface area (TPSA) is 40.5 Å². The zero-order valence-electron chi connectivity index (χ0n) is 4.81. The molecule has 2 N–H and O–H groups in total. The maximum atomic E-state index is 12.1. The Balaban J connectivity index is 3.28. The summed E-state index contributed by atoms with van der Waals surface area (Å²) in [6, 6.07) is 1.01. The molecule has 1 aromatic rings. The Bertz CT molecular complexity index is 210. The van der Waals surface area contributed by atoms with E-state index in [1.165, 1.54) is 0 Å². The Morgan fingerprint density at radius 2 is 1.20 bits per heavy atom. The van der Waals surface area contributed by atoms with Crippen molar-refractivity contribution in [1.82, 2.24) is 0 Å². The fraction of sp³-hybridized carbons (Fsp3) is 0. The molecule has 0 fully saturated rings. The minimum absolute atomic E-state index is 0.505. The number of phenolic OH excluding ortho intramolecular Hbond substituents is 2. The van der Waals surface area contributed by atoms with Crippen LogP contribution in [-0.2, 0) is 0 Å². The van der Waals surface area contributed by atoms with Crippen molar-refractivity contribution in [3.8, 4) is 11.5 Å². The van der Waals surface area contributed by atoms with E-state index in [4.69, 9.17) is 10.2 Å². The van der Waals surface area contributed by atoms with Gasteiger partial charge in [0.05, 0.1) is 0 Å². The predicted molar refractivity (Wildman–Crippen MR) is 29.7 cm³/mol. The second-order valence-corrected chi connectivity index (χ2v) is 1.76. The van der Waals surface area contributed by atoms with E-state index in [-0.39, 0.29) is 0 Å². The van der Waals surface area contributed by atoms with Gasteiger partial charge in [-0.25, -0.2) is 8.78 Å². The van der Waals surface area contributed by atoms with Crippen LogP contribution in [-0.4, -0.2) is 10.2 Å². The van der Waals surface area contributed by atoms with Gasteiger partial charge in [-0.05, 0) is 0 Å². The molecule has 0 atom stereocenters. The number of aromatic hydroxyl groups is 2. The first-order valence-corrected chi connectivity index (χ1v) is 2.48. The van der Waals surface area contributed by atoms with Gasteiger partial charge in [-0.3, -0.25) is 0 Å². The van der Waals surface area contributed by atoms with Crippen molar-refractivity contribution in [2.24, 2.45) is 0 Å². The Hall–Kier alpha value is -1.32. The molecule has 2 nitrogen and oxygen atoms in total. The van der Waals surface area contributed by atoms with E-state index in [1.54, 1.807) is 0 Å². The summed E-state index contributed by atoms with van der Waals surface area (Å²) in [5.74, 6) is -3.71. The molecule has 1 rings (SSSR count). The minimum Gasteiger partial charge on any atom is -0.504 e. The maximum absolute atomic E-state index is 12.1. The summed E-state index contributed by atoms with van der Waals surface area (Å²) in [6.45, 7) is 0. The average molecular weight is 146 g/mol. The highest BCUT2D eigenvalue weighted by atomic mass is 19.2. The van der Waals surface area contributed by atoms with Gasteiger partial charge in [0.1, 0.15) is 0 Å². The van der Waals surface area contributed by atoms with Crippen molar-refractivity contribution in [2.45, 2.75) is 0 Å². The highest BCUT2D eigenvalue weighted by Gasteiger charge is 2.06. The summed E-state index contributed by atoms with van der Waals surface area (Å²) in [6.07, 6.45) is 0. The first-order valence-electron chi connectivity index (χ1n) is 2.48. The zero-order chi connectivity index (χ0) is 7.72. The molecule has 54 valence electrons. The number of halogens is 2. The van der Waals surface area contributed by atoms with Crippen LogP contribution in [0.5, 0.6) is 11.5 Å². The van der Waals surface area contributed by atoms with Crippen molar-refractivity contribution in [3.05, 3.63) is 23.8 Å². The quantitative estimate of drug-likeness (QED) is 0.543. The summed E-state index contributed by atoms with van der Waals surface area (Å²) >= 11 is 0. The highest BCUT2D eigenvalue weighted by molar-refractivity contribution is 5.37. The third-order valence-electron chi connectivity index (χ3n) is 1.02. The Morgan fingerprint density at radius 1 is 0.900 bits per heavy atom. The van der Waals surface area contributed by atoms with Gasteiger partial charge >= 0.3 is 0 Å². The van der Waals surface area contributed by atoms with Crippen LogP contribution < -0.4 is 0 Å². The third-order valence-corrected chi connectivity index (χ3v) is 1.02. The summed E-state index contributed by atoms with van der Waals surface area (Å²) in [5.41, 5.74) is 0.